The van der Waals surface area contributed by atoms with E-state index in [1.165, 1.54) is 42.3 Å². The molecule has 4 rings (SSSR count). The molecule has 0 amide bonds. The largest absolute Gasteiger partial charge is 0.493 e. The first-order valence-electron chi connectivity index (χ1n) is 10.3. The number of aromatic nitrogens is 2. The van der Waals surface area contributed by atoms with Crippen LogP contribution in [0.4, 0.5) is 13.2 Å². The number of fused-ring (bicyclic) bond motifs is 2. The van der Waals surface area contributed by atoms with Crippen LogP contribution in [0.5, 0.6) is 5.75 Å². The molecule has 12 heteroatoms. The maximum absolute atomic E-state index is 14.3. The number of sulfone groups is 1. The van der Waals surface area contributed by atoms with Crippen molar-refractivity contribution < 1.29 is 31.4 Å². The summed E-state index contributed by atoms with van der Waals surface area (Å²) >= 11 is 1.00. The lowest BCUT2D eigenvalue weighted by molar-refractivity contribution is -0.271. The summed E-state index contributed by atoms with van der Waals surface area (Å²) in [5.74, 6) is 0.357. The number of benzene rings is 1. The molecule has 0 saturated carbocycles. The Kier molecular flexibility index (Phi) is 5.85. The summed E-state index contributed by atoms with van der Waals surface area (Å²) in [6, 6.07) is 3.92. The van der Waals surface area contributed by atoms with Gasteiger partial charge in [-0.05, 0) is 29.5 Å². The number of aliphatic hydroxyl groups is 1. The van der Waals surface area contributed by atoms with Gasteiger partial charge in [-0.25, -0.2) is 13.4 Å². The first-order valence-corrected chi connectivity index (χ1v) is 13.1. The smallest absolute Gasteiger partial charge is 0.418 e. The monoisotopic (exact) mass is 516 g/mol. The fraction of sp³-hybridized carbons (Fsp3) is 0.455. The third-order valence-electron chi connectivity index (χ3n) is 6.06. The minimum Gasteiger partial charge on any atom is -0.493 e. The maximum Gasteiger partial charge on any atom is 0.418 e. The molecular formula is C22H23F3N2O5S2. The lowest BCUT2D eigenvalue weighted by Crippen LogP contribution is -2.52. The molecule has 1 atom stereocenters. The number of pyridine rings is 1. The first-order chi connectivity index (χ1) is 15.6. The van der Waals surface area contributed by atoms with Crippen LogP contribution >= 0.6 is 11.3 Å². The number of hydrogen-bond donors (Lipinski definition) is 1. The molecule has 7 nitrogen and oxygen atoms in total. The Morgan fingerprint density at radius 3 is 2.62 bits per heavy atom. The van der Waals surface area contributed by atoms with Crippen molar-refractivity contribution in [2.75, 3.05) is 12.9 Å². The number of thiazole rings is 1. The van der Waals surface area contributed by atoms with E-state index in [0.29, 0.717) is 17.7 Å². The van der Waals surface area contributed by atoms with Crippen LogP contribution < -0.4 is 10.2 Å². The van der Waals surface area contributed by atoms with Crippen molar-refractivity contribution in [1.29, 1.82) is 0 Å². The van der Waals surface area contributed by atoms with Gasteiger partial charge in [0.25, 0.3) is 0 Å². The van der Waals surface area contributed by atoms with E-state index in [1.807, 2.05) is 0 Å². The third-order valence-corrected chi connectivity index (χ3v) is 8.01. The van der Waals surface area contributed by atoms with E-state index >= 15 is 0 Å². The Morgan fingerprint density at radius 2 is 1.97 bits per heavy atom. The maximum atomic E-state index is 14.3. The molecule has 184 valence electrons. The molecule has 0 bridgehead atoms. The summed E-state index contributed by atoms with van der Waals surface area (Å²) in [5, 5.41) is 11.0. The Hall–Kier alpha value is -2.44. The zero-order chi connectivity index (χ0) is 25.1. The third kappa shape index (κ3) is 4.34. The van der Waals surface area contributed by atoms with Gasteiger partial charge in [0, 0.05) is 30.5 Å². The van der Waals surface area contributed by atoms with E-state index in [2.05, 4.69) is 4.98 Å². The molecule has 1 N–H and O–H groups in total. The molecule has 0 radical (unpaired) electrons. The molecule has 3 heterocycles. The van der Waals surface area contributed by atoms with Gasteiger partial charge in [-0.2, -0.15) is 13.2 Å². The van der Waals surface area contributed by atoms with Crippen LogP contribution in [0.2, 0.25) is 0 Å². The van der Waals surface area contributed by atoms with Crippen LogP contribution in [0.1, 0.15) is 31.4 Å². The van der Waals surface area contributed by atoms with Crippen molar-refractivity contribution in [3.63, 3.8) is 0 Å². The van der Waals surface area contributed by atoms with Gasteiger partial charge < -0.3 is 14.4 Å². The fourth-order valence-electron chi connectivity index (χ4n) is 4.39. The SMILES string of the molecule is CC(C)(CC(O)(Cn1ccc(=O)c2ncsc21)C(F)(F)F)c1cc(S(C)(=O)=O)cc2c1OCC2. The van der Waals surface area contributed by atoms with Crippen LogP contribution in [0, 0.1) is 0 Å². The van der Waals surface area contributed by atoms with E-state index in [4.69, 9.17) is 4.74 Å². The fourth-order valence-corrected chi connectivity index (χ4v) is 5.86. The van der Waals surface area contributed by atoms with Crippen molar-refractivity contribution in [3.8, 4) is 5.75 Å². The summed E-state index contributed by atoms with van der Waals surface area (Å²) in [4.78, 5) is 16.1. The Bertz CT molecular complexity index is 1430. The molecule has 0 fully saturated rings. The van der Waals surface area contributed by atoms with Crippen molar-refractivity contribution >= 4 is 31.5 Å². The van der Waals surface area contributed by atoms with Crippen molar-refractivity contribution in [2.24, 2.45) is 0 Å². The summed E-state index contributed by atoms with van der Waals surface area (Å²) in [5.41, 5.74) is -2.67. The minimum absolute atomic E-state index is 0.0119. The van der Waals surface area contributed by atoms with Gasteiger partial charge >= 0.3 is 6.18 Å². The molecule has 1 aliphatic rings. The van der Waals surface area contributed by atoms with E-state index in [-0.39, 0.29) is 27.4 Å². The number of ether oxygens (including phenoxy) is 1. The van der Waals surface area contributed by atoms with Crippen LogP contribution in [-0.2, 0) is 28.2 Å². The summed E-state index contributed by atoms with van der Waals surface area (Å²) in [6.45, 7) is 2.45. The zero-order valence-corrected chi connectivity index (χ0v) is 20.3. The molecule has 1 unspecified atom stereocenters. The second-order valence-corrected chi connectivity index (χ2v) is 12.1. The minimum atomic E-state index is -5.02. The standard InChI is InChI=1S/C22H23F3N2O5S2/c1-20(2,15-9-14(34(3,30)31)8-13-5-7-32-18(13)15)10-21(29,22(23,24)25)11-27-6-4-16(28)17-19(27)33-12-26-17/h4,6,8-9,12,29H,5,7,10-11H2,1-3H3. The highest BCUT2D eigenvalue weighted by molar-refractivity contribution is 7.90. The predicted molar refractivity (Wildman–Crippen MR) is 121 cm³/mol. The molecule has 2 aromatic heterocycles. The Labute approximate surface area is 197 Å². The van der Waals surface area contributed by atoms with E-state index < -0.39 is 45.4 Å². The average Bonchev–Trinajstić information content (AvgIpc) is 3.37. The normalized spacial score (nSPS) is 16.3. The van der Waals surface area contributed by atoms with Gasteiger partial charge in [-0.3, -0.25) is 4.79 Å². The van der Waals surface area contributed by atoms with Crippen LogP contribution in [-0.4, -0.2) is 47.7 Å². The molecule has 1 aromatic carbocycles. The van der Waals surface area contributed by atoms with Gasteiger partial charge in [0.1, 0.15) is 16.1 Å². The van der Waals surface area contributed by atoms with Crippen molar-refractivity contribution in [2.45, 2.75) is 55.3 Å². The second-order valence-electron chi connectivity index (χ2n) is 9.23. The number of nitrogens with zero attached hydrogens (tertiary/aromatic N) is 2. The van der Waals surface area contributed by atoms with Crippen LogP contribution in [0.25, 0.3) is 10.3 Å². The summed E-state index contributed by atoms with van der Waals surface area (Å²) < 4.78 is 74.2. The highest BCUT2D eigenvalue weighted by Gasteiger charge is 2.56. The number of hydrogen-bond acceptors (Lipinski definition) is 7. The average molecular weight is 517 g/mol. The molecule has 3 aromatic rings. The molecular weight excluding hydrogens is 493 g/mol. The lowest BCUT2D eigenvalue weighted by atomic mass is 9.74. The summed E-state index contributed by atoms with van der Waals surface area (Å²) in [6.07, 6.45) is -3.13. The molecule has 34 heavy (non-hydrogen) atoms. The van der Waals surface area contributed by atoms with Gasteiger partial charge in [-0.1, -0.05) is 13.8 Å². The molecule has 0 saturated heterocycles. The molecule has 0 aliphatic carbocycles. The van der Waals surface area contributed by atoms with Crippen molar-refractivity contribution in [1.82, 2.24) is 9.55 Å². The van der Waals surface area contributed by atoms with Gasteiger partial charge in [-0.15, -0.1) is 11.3 Å². The highest BCUT2D eigenvalue weighted by Crippen LogP contribution is 2.47. The van der Waals surface area contributed by atoms with Gasteiger partial charge in [0.2, 0.25) is 5.43 Å². The lowest BCUT2D eigenvalue weighted by Gasteiger charge is -2.39. The number of alkyl halides is 3. The molecule has 0 spiro atoms. The van der Waals surface area contributed by atoms with Gasteiger partial charge in [0.05, 0.1) is 23.6 Å². The van der Waals surface area contributed by atoms with Crippen LogP contribution in [0.15, 0.2) is 39.6 Å². The van der Waals surface area contributed by atoms with Crippen molar-refractivity contribution in [3.05, 3.63) is 51.3 Å². The summed E-state index contributed by atoms with van der Waals surface area (Å²) in [7, 11) is -3.63. The van der Waals surface area contributed by atoms with Crippen LogP contribution in [0.3, 0.4) is 0 Å². The number of rotatable bonds is 6. The first kappa shape index (κ1) is 24.7. The quantitative estimate of drug-likeness (QED) is 0.539. The predicted octanol–water partition coefficient (Wildman–Crippen LogP) is 3.46. The Morgan fingerprint density at radius 1 is 1.26 bits per heavy atom. The van der Waals surface area contributed by atoms with E-state index in [9.17, 15) is 31.5 Å². The van der Waals surface area contributed by atoms with Gasteiger partial charge in [0.15, 0.2) is 15.4 Å². The topological polar surface area (TPSA) is 98.5 Å². The zero-order valence-electron chi connectivity index (χ0n) is 18.6. The molecule has 1 aliphatic heterocycles. The second kappa shape index (κ2) is 8.06. The Balaban J connectivity index is 1.80. The van der Waals surface area contributed by atoms with E-state index in [0.717, 1.165) is 23.7 Å². The highest BCUT2D eigenvalue weighted by atomic mass is 32.2. The number of halogens is 3. The van der Waals surface area contributed by atoms with E-state index in [1.54, 1.807) is 0 Å².